The predicted octanol–water partition coefficient (Wildman–Crippen LogP) is 1.74. The molecule has 2 fully saturated rings. The number of anilines is 1. The van der Waals surface area contributed by atoms with E-state index in [2.05, 4.69) is 4.98 Å². The van der Waals surface area contributed by atoms with Crippen LogP contribution < -0.4 is 26.6 Å². The lowest BCUT2D eigenvalue weighted by atomic mass is 9.88. The normalized spacial score (nSPS) is 20.5. The topological polar surface area (TPSA) is 93.3 Å². The van der Waals surface area contributed by atoms with Gasteiger partial charge in [0.1, 0.15) is 11.2 Å². The highest BCUT2D eigenvalue weighted by Crippen LogP contribution is 2.43. The second-order valence-electron chi connectivity index (χ2n) is 8.25. The third-order valence-corrected chi connectivity index (χ3v) is 5.78. The van der Waals surface area contributed by atoms with Gasteiger partial charge in [-0.1, -0.05) is 0 Å². The Balaban J connectivity index is 1.95. The van der Waals surface area contributed by atoms with Crippen molar-refractivity contribution in [2.45, 2.75) is 44.7 Å². The summed E-state index contributed by atoms with van der Waals surface area (Å²) in [5.74, 6) is -0.0704. The summed E-state index contributed by atoms with van der Waals surface area (Å²) in [4.78, 5) is 29.0. The molecule has 0 radical (unpaired) electrons. The number of aromatic nitrogens is 2. The molecule has 8 heteroatoms. The Kier molecular flexibility index (Phi) is 4.06. The van der Waals surface area contributed by atoms with E-state index < -0.39 is 17.1 Å². The molecule has 27 heavy (non-hydrogen) atoms. The van der Waals surface area contributed by atoms with Crippen LogP contribution in [0.1, 0.15) is 39.2 Å². The Morgan fingerprint density at radius 1 is 1.30 bits per heavy atom. The lowest BCUT2D eigenvalue weighted by Gasteiger charge is -2.28. The summed E-state index contributed by atoms with van der Waals surface area (Å²) in [6, 6.07) is 1.23. The molecule has 146 valence electrons. The third-order valence-electron chi connectivity index (χ3n) is 5.78. The van der Waals surface area contributed by atoms with Gasteiger partial charge in [-0.05, 0) is 45.1 Å². The fourth-order valence-electron chi connectivity index (χ4n) is 4.08. The summed E-state index contributed by atoms with van der Waals surface area (Å²) < 4.78 is 22.2. The Morgan fingerprint density at radius 2 is 2.00 bits per heavy atom. The number of nitrogens with zero attached hydrogens (tertiary/aromatic N) is 2. The second kappa shape index (κ2) is 6.09. The van der Waals surface area contributed by atoms with Gasteiger partial charge >= 0.3 is 5.69 Å². The SMILES string of the molecule is COc1c(N2CCC(C(C)(C)N)C2)c(F)cc2c(=O)[nH]c(=O)n(C3CC3)c12. The monoisotopic (exact) mass is 376 g/mol. The average Bonchev–Trinajstić information content (AvgIpc) is 3.28. The number of hydrogen-bond acceptors (Lipinski definition) is 5. The maximum Gasteiger partial charge on any atom is 0.329 e. The predicted molar refractivity (Wildman–Crippen MR) is 102 cm³/mol. The molecule has 4 rings (SSSR count). The van der Waals surface area contributed by atoms with Crippen LogP contribution in [0.4, 0.5) is 10.1 Å². The fourth-order valence-corrected chi connectivity index (χ4v) is 4.08. The molecule has 1 aromatic carbocycles. The number of benzene rings is 1. The molecule has 1 aliphatic heterocycles. The van der Waals surface area contributed by atoms with E-state index >= 15 is 4.39 Å². The molecule has 1 atom stereocenters. The number of nitrogens with two attached hydrogens (primary N) is 1. The number of hydrogen-bond donors (Lipinski definition) is 2. The standard InChI is InChI=1S/C19H25FN4O3/c1-19(2,21)10-6-7-23(9-10)15-13(20)8-12-14(16(15)27-3)24(11-4-5-11)18(26)22-17(12)25/h8,10-11H,4-7,9,21H2,1-3H3,(H,22,25,26). The summed E-state index contributed by atoms with van der Waals surface area (Å²) in [6.07, 6.45) is 2.54. The summed E-state index contributed by atoms with van der Waals surface area (Å²) in [5.41, 5.74) is 5.48. The molecule has 2 aliphatic rings. The van der Waals surface area contributed by atoms with E-state index in [-0.39, 0.29) is 28.6 Å². The number of H-pyrrole nitrogens is 1. The van der Waals surface area contributed by atoms with Crippen LogP contribution in [0, 0.1) is 11.7 Å². The van der Waals surface area contributed by atoms with Crippen molar-refractivity contribution in [1.29, 1.82) is 0 Å². The van der Waals surface area contributed by atoms with Gasteiger partial charge in [-0.15, -0.1) is 0 Å². The van der Waals surface area contributed by atoms with E-state index in [1.54, 1.807) is 4.57 Å². The van der Waals surface area contributed by atoms with Crippen molar-refractivity contribution in [2.75, 3.05) is 25.1 Å². The zero-order valence-electron chi connectivity index (χ0n) is 15.8. The first-order valence-electron chi connectivity index (χ1n) is 9.31. The van der Waals surface area contributed by atoms with E-state index in [1.807, 2.05) is 18.7 Å². The van der Waals surface area contributed by atoms with Gasteiger partial charge in [0.05, 0.1) is 12.5 Å². The van der Waals surface area contributed by atoms with Crippen molar-refractivity contribution in [3.05, 3.63) is 32.7 Å². The number of halogens is 1. The van der Waals surface area contributed by atoms with Crippen LogP contribution in [0.3, 0.4) is 0 Å². The molecule has 0 bridgehead atoms. The second-order valence-corrected chi connectivity index (χ2v) is 8.25. The Hall–Kier alpha value is -2.35. The minimum atomic E-state index is -0.599. The number of ether oxygens (including phenoxy) is 1. The number of rotatable bonds is 4. The molecule has 1 aromatic heterocycles. The highest BCUT2D eigenvalue weighted by atomic mass is 19.1. The van der Waals surface area contributed by atoms with Crippen LogP contribution in [0.25, 0.3) is 10.9 Å². The number of aromatic amines is 1. The lowest BCUT2D eigenvalue weighted by Crippen LogP contribution is -2.42. The molecule has 1 saturated carbocycles. The van der Waals surface area contributed by atoms with Gasteiger partial charge in [0.25, 0.3) is 5.56 Å². The zero-order chi connectivity index (χ0) is 19.5. The molecule has 2 aromatic rings. The molecular formula is C19H25FN4O3. The summed E-state index contributed by atoms with van der Waals surface area (Å²) in [5, 5.41) is 0.134. The first-order chi connectivity index (χ1) is 12.7. The minimum absolute atomic E-state index is 0.0124. The van der Waals surface area contributed by atoms with Crippen LogP contribution in [-0.2, 0) is 0 Å². The van der Waals surface area contributed by atoms with Gasteiger partial charge in [0.15, 0.2) is 11.6 Å². The van der Waals surface area contributed by atoms with Gasteiger partial charge in [-0.25, -0.2) is 9.18 Å². The first kappa shape index (κ1) is 18.0. The van der Waals surface area contributed by atoms with Crippen LogP contribution >= 0.6 is 0 Å². The molecule has 1 aliphatic carbocycles. The summed E-state index contributed by atoms with van der Waals surface area (Å²) in [6.45, 7) is 5.18. The molecule has 0 amide bonds. The summed E-state index contributed by atoms with van der Waals surface area (Å²) in [7, 11) is 1.45. The zero-order valence-corrected chi connectivity index (χ0v) is 15.8. The Bertz CT molecular complexity index is 1020. The molecular weight excluding hydrogens is 351 g/mol. The lowest BCUT2D eigenvalue weighted by molar-refractivity contribution is 0.348. The van der Waals surface area contributed by atoms with Gasteiger partial charge in [-0.3, -0.25) is 14.3 Å². The van der Waals surface area contributed by atoms with Gasteiger partial charge in [0.2, 0.25) is 0 Å². The van der Waals surface area contributed by atoms with Gasteiger partial charge < -0.3 is 15.4 Å². The smallest absolute Gasteiger partial charge is 0.329 e. The highest BCUT2D eigenvalue weighted by molar-refractivity contribution is 5.91. The molecule has 0 spiro atoms. The van der Waals surface area contributed by atoms with E-state index in [0.717, 1.165) is 19.3 Å². The molecule has 7 nitrogen and oxygen atoms in total. The van der Waals surface area contributed by atoms with Crippen molar-refractivity contribution in [3.63, 3.8) is 0 Å². The Labute approximate surface area is 155 Å². The molecule has 1 unspecified atom stereocenters. The van der Waals surface area contributed by atoms with Crippen LogP contribution in [0.5, 0.6) is 5.75 Å². The Morgan fingerprint density at radius 3 is 2.56 bits per heavy atom. The summed E-state index contributed by atoms with van der Waals surface area (Å²) >= 11 is 0. The van der Waals surface area contributed by atoms with Crippen molar-refractivity contribution in [1.82, 2.24) is 9.55 Å². The maximum absolute atomic E-state index is 15.1. The third kappa shape index (κ3) is 2.92. The first-order valence-corrected chi connectivity index (χ1v) is 9.31. The highest BCUT2D eigenvalue weighted by Gasteiger charge is 2.36. The molecule has 3 N–H and O–H groups in total. The van der Waals surface area contributed by atoms with Crippen molar-refractivity contribution in [3.8, 4) is 5.75 Å². The quantitative estimate of drug-likeness (QED) is 0.848. The minimum Gasteiger partial charge on any atom is -0.492 e. The van der Waals surface area contributed by atoms with Crippen LogP contribution in [0.2, 0.25) is 0 Å². The van der Waals surface area contributed by atoms with Crippen molar-refractivity contribution >= 4 is 16.6 Å². The van der Waals surface area contributed by atoms with E-state index in [9.17, 15) is 9.59 Å². The maximum atomic E-state index is 15.1. The van der Waals surface area contributed by atoms with Crippen molar-refractivity contribution < 1.29 is 9.13 Å². The number of nitrogens with one attached hydrogen (secondary N) is 1. The van der Waals surface area contributed by atoms with E-state index in [1.165, 1.54) is 13.2 Å². The number of methoxy groups -OCH3 is 1. The van der Waals surface area contributed by atoms with E-state index in [0.29, 0.717) is 24.3 Å². The van der Waals surface area contributed by atoms with Gasteiger partial charge in [0, 0.05) is 24.7 Å². The fraction of sp³-hybridized carbons (Fsp3) is 0.579. The van der Waals surface area contributed by atoms with Gasteiger partial charge in [-0.2, -0.15) is 0 Å². The molecule has 2 heterocycles. The largest absolute Gasteiger partial charge is 0.492 e. The van der Waals surface area contributed by atoms with Crippen LogP contribution in [0.15, 0.2) is 15.7 Å². The van der Waals surface area contributed by atoms with E-state index in [4.69, 9.17) is 10.5 Å². The molecule has 1 saturated heterocycles. The van der Waals surface area contributed by atoms with Crippen LogP contribution in [-0.4, -0.2) is 35.3 Å². The average molecular weight is 376 g/mol. The number of fused-ring (bicyclic) bond motifs is 1. The van der Waals surface area contributed by atoms with Crippen molar-refractivity contribution in [2.24, 2.45) is 11.7 Å².